The van der Waals surface area contributed by atoms with Gasteiger partial charge in [0.2, 0.25) is 6.33 Å². The van der Waals surface area contributed by atoms with Gasteiger partial charge >= 0.3 is 0 Å². The summed E-state index contributed by atoms with van der Waals surface area (Å²) >= 11 is 0. The van der Waals surface area contributed by atoms with E-state index in [0.29, 0.717) is 0 Å². The molecule has 138 valence electrons. The summed E-state index contributed by atoms with van der Waals surface area (Å²) in [5, 5.41) is 2.25. The van der Waals surface area contributed by atoms with Crippen LogP contribution in [0.2, 0.25) is 0 Å². The van der Waals surface area contributed by atoms with Crippen molar-refractivity contribution in [2.24, 2.45) is 0 Å². The van der Waals surface area contributed by atoms with Crippen LogP contribution < -0.4 is 4.57 Å². The highest BCUT2D eigenvalue weighted by atomic mass is 15.1. The topological polar surface area (TPSA) is 34.6 Å². The Balaban J connectivity index is 1.58. The predicted octanol–water partition coefficient (Wildman–Crippen LogP) is 5.22. The molecule has 0 aliphatic carbocycles. The fraction of sp³-hybridized carbons (Fsp3) is 0.348. The van der Waals surface area contributed by atoms with Crippen LogP contribution in [0.4, 0.5) is 0 Å². The summed E-state index contributed by atoms with van der Waals surface area (Å²) in [7, 11) is 0. The first-order valence-electron chi connectivity index (χ1n) is 10.1. The van der Waals surface area contributed by atoms with E-state index in [0.717, 1.165) is 34.0 Å². The van der Waals surface area contributed by atoms with Gasteiger partial charge in [-0.2, -0.15) is 0 Å². The van der Waals surface area contributed by atoms with Crippen LogP contribution in [0, 0.1) is 0 Å². The van der Waals surface area contributed by atoms with Crippen molar-refractivity contribution in [1.82, 2.24) is 14.5 Å². The van der Waals surface area contributed by atoms with Crippen LogP contribution in [0.1, 0.15) is 45.4 Å². The number of aromatic nitrogens is 4. The molecule has 0 unspecified atom stereocenters. The highest BCUT2D eigenvalue weighted by molar-refractivity contribution is 6.06. The Kier molecular flexibility index (Phi) is 5.42. The molecule has 0 saturated carbocycles. The van der Waals surface area contributed by atoms with Gasteiger partial charge < -0.3 is 0 Å². The maximum Gasteiger partial charge on any atom is 0.248 e. The molecule has 4 heteroatoms. The molecule has 0 saturated heterocycles. The molecule has 4 nitrogen and oxygen atoms in total. The molecule has 0 atom stereocenters. The summed E-state index contributed by atoms with van der Waals surface area (Å²) in [6.45, 7) is 3.34. The molecule has 0 fully saturated rings. The van der Waals surface area contributed by atoms with Crippen LogP contribution in [-0.2, 0) is 6.54 Å². The number of benzene rings is 1. The van der Waals surface area contributed by atoms with Gasteiger partial charge in [-0.05, 0) is 37.1 Å². The average molecular weight is 359 g/mol. The largest absolute Gasteiger partial charge is 0.254 e. The second-order valence-corrected chi connectivity index (χ2v) is 7.20. The van der Waals surface area contributed by atoms with Gasteiger partial charge in [-0.25, -0.2) is 9.13 Å². The van der Waals surface area contributed by atoms with E-state index in [4.69, 9.17) is 0 Å². The summed E-state index contributed by atoms with van der Waals surface area (Å²) in [5.74, 6) is 0. The lowest BCUT2D eigenvalue weighted by molar-refractivity contribution is -0.696. The molecule has 27 heavy (non-hydrogen) atoms. The summed E-state index contributed by atoms with van der Waals surface area (Å²) in [4.78, 5) is 9.15. The fourth-order valence-electron chi connectivity index (χ4n) is 3.72. The fourth-order valence-corrected chi connectivity index (χ4v) is 3.72. The van der Waals surface area contributed by atoms with Crippen molar-refractivity contribution in [3.05, 3.63) is 61.4 Å². The van der Waals surface area contributed by atoms with Crippen LogP contribution in [0.25, 0.3) is 27.5 Å². The zero-order chi connectivity index (χ0) is 18.5. The van der Waals surface area contributed by atoms with Gasteiger partial charge in [0, 0.05) is 23.2 Å². The Bertz CT molecular complexity index is 1030. The molecule has 1 aromatic carbocycles. The Hall–Kier alpha value is -2.75. The van der Waals surface area contributed by atoms with Crippen molar-refractivity contribution in [2.75, 3.05) is 0 Å². The van der Waals surface area contributed by atoms with E-state index in [-0.39, 0.29) is 0 Å². The molecule has 3 heterocycles. The number of unbranched alkanes of at least 4 members (excludes halogenated alkanes) is 5. The highest BCUT2D eigenvalue weighted by Crippen LogP contribution is 2.27. The summed E-state index contributed by atoms with van der Waals surface area (Å²) in [6.07, 6.45) is 18.1. The second-order valence-electron chi connectivity index (χ2n) is 7.20. The number of nitrogens with zero attached hydrogens (tertiary/aromatic N) is 4. The lowest BCUT2D eigenvalue weighted by Crippen LogP contribution is -2.30. The maximum absolute atomic E-state index is 4.60. The van der Waals surface area contributed by atoms with Gasteiger partial charge in [-0.3, -0.25) is 9.97 Å². The lowest BCUT2D eigenvalue weighted by atomic mass is 10.1. The molecular formula is C23H27N4+. The number of hydrogen-bond acceptors (Lipinski definition) is 2. The molecule has 0 amide bonds. The van der Waals surface area contributed by atoms with Gasteiger partial charge in [-0.15, -0.1) is 0 Å². The van der Waals surface area contributed by atoms with E-state index in [9.17, 15) is 0 Å². The molecule has 3 aromatic heterocycles. The van der Waals surface area contributed by atoms with Crippen LogP contribution in [0.15, 0.2) is 61.4 Å². The predicted molar refractivity (Wildman–Crippen MR) is 110 cm³/mol. The molecule has 0 N–H and O–H groups in total. The lowest BCUT2D eigenvalue weighted by Gasteiger charge is -2.06. The zero-order valence-corrected chi connectivity index (χ0v) is 16.0. The van der Waals surface area contributed by atoms with Gasteiger partial charge in [-0.1, -0.05) is 38.7 Å². The summed E-state index contributed by atoms with van der Waals surface area (Å²) in [6, 6.07) is 10.4. The smallest absolute Gasteiger partial charge is 0.248 e. The van der Waals surface area contributed by atoms with Crippen molar-refractivity contribution in [3.63, 3.8) is 0 Å². The van der Waals surface area contributed by atoms with E-state index in [1.165, 1.54) is 38.5 Å². The van der Waals surface area contributed by atoms with Gasteiger partial charge in [0.25, 0.3) is 0 Å². The molecule has 0 radical (unpaired) electrons. The van der Waals surface area contributed by atoms with Crippen molar-refractivity contribution < 1.29 is 4.57 Å². The Labute approximate surface area is 160 Å². The Morgan fingerprint density at radius 3 is 2.59 bits per heavy atom. The minimum Gasteiger partial charge on any atom is -0.254 e. The van der Waals surface area contributed by atoms with E-state index in [1.807, 2.05) is 24.5 Å². The van der Waals surface area contributed by atoms with E-state index >= 15 is 0 Å². The molecular weight excluding hydrogens is 332 g/mol. The van der Waals surface area contributed by atoms with Gasteiger partial charge in [0.1, 0.15) is 23.6 Å². The van der Waals surface area contributed by atoms with E-state index in [2.05, 4.69) is 62.9 Å². The number of pyridine rings is 2. The minimum absolute atomic E-state index is 0.960. The third-order valence-electron chi connectivity index (χ3n) is 5.18. The number of aryl methyl sites for hydroxylation is 1. The van der Waals surface area contributed by atoms with Crippen LogP contribution in [0.5, 0.6) is 0 Å². The van der Waals surface area contributed by atoms with Crippen molar-refractivity contribution in [3.8, 4) is 5.69 Å². The number of fused-ring (bicyclic) bond motifs is 3. The second kappa shape index (κ2) is 8.30. The van der Waals surface area contributed by atoms with Crippen molar-refractivity contribution in [2.45, 2.75) is 52.0 Å². The number of imidazole rings is 1. The first kappa shape index (κ1) is 17.7. The highest BCUT2D eigenvalue weighted by Gasteiger charge is 2.14. The zero-order valence-electron chi connectivity index (χ0n) is 16.0. The molecule has 4 aromatic rings. The standard InChI is InChI=1S/C23H27N4/c1-2-3-4-5-6-7-14-26-15-16-27(18-26)21-17-19-10-8-12-24-22(19)23-20(21)11-9-13-25-23/h8-13,15-18H,2-7,14H2,1H3/q+1. The third-order valence-corrected chi connectivity index (χ3v) is 5.18. The first-order valence-corrected chi connectivity index (χ1v) is 10.1. The molecule has 4 rings (SSSR count). The third kappa shape index (κ3) is 3.85. The molecule has 0 aliphatic rings. The SMILES string of the molecule is CCCCCCCC[n+]1ccn(-c2cc3cccnc3c3ncccc23)c1. The van der Waals surface area contributed by atoms with E-state index < -0.39 is 0 Å². The van der Waals surface area contributed by atoms with Crippen LogP contribution in [0.3, 0.4) is 0 Å². The Morgan fingerprint density at radius 1 is 0.926 bits per heavy atom. The van der Waals surface area contributed by atoms with Crippen molar-refractivity contribution in [1.29, 1.82) is 0 Å². The monoisotopic (exact) mass is 359 g/mol. The van der Waals surface area contributed by atoms with Crippen LogP contribution >= 0.6 is 0 Å². The minimum atomic E-state index is 0.960. The van der Waals surface area contributed by atoms with Crippen LogP contribution in [-0.4, -0.2) is 14.5 Å². The first-order chi connectivity index (χ1) is 13.4. The number of hydrogen-bond donors (Lipinski definition) is 0. The van der Waals surface area contributed by atoms with Crippen molar-refractivity contribution >= 4 is 21.8 Å². The van der Waals surface area contributed by atoms with Gasteiger partial charge in [0.05, 0.1) is 12.1 Å². The summed E-state index contributed by atoms with van der Waals surface area (Å²) < 4.78 is 4.49. The van der Waals surface area contributed by atoms with Gasteiger partial charge in [0.15, 0.2) is 0 Å². The maximum atomic E-state index is 4.60. The molecule has 0 aliphatic heterocycles. The average Bonchev–Trinajstić information content (AvgIpc) is 3.19. The quantitative estimate of drug-likeness (QED) is 0.245. The normalized spacial score (nSPS) is 11.4. The van der Waals surface area contributed by atoms with E-state index in [1.54, 1.807) is 0 Å². The molecule has 0 bridgehead atoms. The molecule has 0 spiro atoms. The summed E-state index contributed by atoms with van der Waals surface area (Å²) in [5.41, 5.74) is 3.08. The number of rotatable bonds is 8. The Morgan fingerprint density at radius 2 is 1.70 bits per heavy atom.